The molecular formula is C15H19FN4O3S. The fourth-order valence-electron chi connectivity index (χ4n) is 3.11. The van der Waals surface area contributed by atoms with E-state index >= 15 is 0 Å². The molecule has 130 valence electrons. The molecule has 0 radical (unpaired) electrons. The van der Waals surface area contributed by atoms with Crippen LogP contribution in [0.2, 0.25) is 0 Å². The first-order chi connectivity index (χ1) is 11.4. The summed E-state index contributed by atoms with van der Waals surface area (Å²) >= 11 is 0. The molecule has 1 fully saturated rings. The summed E-state index contributed by atoms with van der Waals surface area (Å²) < 4.78 is 41.7. The number of nitrogens with zero attached hydrogens (tertiary/aromatic N) is 3. The number of aromatic nitrogens is 3. The SMILES string of the molecule is Cn1cnnc1[C@H]1C[C@H](CNS(=O)(=O)c2ccc(F)cc2)[C@H](O)C1. The number of aliphatic hydroxyl groups excluding tert-OH is 1. The van der Waals surface area contributed by atoms with Gasteiger partial charge in [-0.3, -0.25) is 0 Å². The van der Waals surface area contributed by atoms with E-state index in [1.807, 2.05) is 11.6 Å². The van der Waals surface area contributed by atoms with Gasteiger partial charge in [-0.1, -0.05) is 0 Å². The quantitative estimate of drug-likeness (QED) is 0.827. The molecule has 0 aliphatic heterocycles. The second-order valence-electron chi connectivity index (χ2n) is 6.10. The Bertz CT molecular complexity index is 806. The molecule has 1 heterocycles. The Morgan fingerprint density at radius 3 is 2.67 bits per heavy atom. The third kappa shape index (κ3) is 3.47. The molecule has 1 saturated carbocycles. The fourth-order valence-corrected chi connectivity index (χ4v) is 4.20. The average molecular weight is 354 g/mol. The van der Waals surface area contributed by atoms with Crippen molar-refractivity contribution in [2.24, 2.45) is 13.0 Å². The standard InChI is InChI=1S/C15H19FN4O3S/c1-20-9-17-19-15(20)10-6-11(14(21)7-10)8-18-24(22,23)13-4-2-12(16)3-5-13/h2-5,9-11,14,18,21H,6-8H2,1H3/t10-,11+,14+/m0/s1. The van der Waals surface area contributed by atoms with Gasteiger partial charge in [-0.25, -0.2) is 17.5 Å². The van der Waals surface area contributed by atoms with E-state index < -0.39 is 21.9 Å². The number of nitrogens with one attached hydrogen (secondary N) is 1. The van der Waals surface area contributed by atoms with Crippen LogP contribution >= 0.6 is 0 Å². The van der Waals surface area contributed by atoms with E-state index in [0.29, 0.717) is 12.8 Å². The molecule has 0 bridgehead atoms. The van der Waals surface area contributed by atoms with Crippen LogP contribution in [0.4, 0.5) is 4.39 Å². The van der Waals surface area contributed by atoms with E-state index in [-0.39, 0.29) is 23.3 Å². The maximum absolute atomic E-state index is 12.9. The lowest BCUT2D eigenvalue weighted by molar-refractivity contribution is 0.134. The first-order valence-electron chi connectivity index (χ1n) is 7.64. The first-order valence-corrected chi connectivity index (χ1v) is 9.12. The van der Waals surface area contributed by atoms with Crippen molar-refractivity contribution >= 4 is 10.0 Å². The van der Waals surface area contributed by atoms with Gasteiger partial charge in [0.1, 0.15) is 18.0 Å². The molecule has 1 aliphatic carbocycles. The van der Waals surface area contributed by atoms with Crippen molar-refractivity contribution in [1.82, 2.24) is 19.5 Å². The lowest BCUT2D eigenvalue weighted by atomic mass is 10.0. The zero-order valence-electron chi connectivity index (χ0n) is 13.1. The van der Waals surface area contributed by atoms with Gasteiger partial charge in [-0.15, -0.1) is 10.2 Å². The molecule has 3 atom stereocenters. The summed E-state index contributed by atoms with van der Waals surface area (Å²) in [5, 5.41) is 18.1. The van der Waals surface area contributed by atoms with Crippen molar-refractivity contribution in [3.05, 3.63) is 42.2 Å². The number of hydrogen-bond donors (Lipinski definition) is 2. The summed E-state index contributed by atoms with van der Waals surface area (Å²) in [6.07, 6.45) is 2.14. The van der Waals surface area contributed by atoms with Crippen LogP contribution in [0.3, 0.4) is 0 Å². The van der Waals surface area contributed by atoms with Crippen molar-refractivity contribution in [1.29, 1.82) is 0 Å². The molecule has 0 spiro atoms. The number of hydrogen-bond acceptors (Lipinski definition) is 5. The van der Waals surface area contributed by atoms with E-state index in [1.54, 1.807) is 6.33 Å². The maximum Gasteiger partial charge on any atom is 0.240 e. The lowest BCUT2D eigenvalue weighted by Gasteiger charge is -2.15. The number of sulfonamides is 1. The van der Waals surface area contributed by atoms with E-state index in [9.17, 15) is 17.9 Å². The van der Waals surface area contributed by atoms with Gasteiger partial charge in [-0.2, -0.15) is 0 Å². The summed E-state index contributed by atoms with van der Waals surface area (Å²) in [6.45, 7) is 0.120. The van der Waals surface area contributed by atoms with E-state index in [1.165, 1.54) is 12.1 Å². The monoisotopic (exact) mass is 354 g/mol. The van der Waals surface area contributed by atoms with Crippen LogP contribution in [-0.2, 0) is 17.1 Å². The highest BCUT2D eigenvalue weighted by Gasteiger charge is 2.36. The predicted octanol–water partition coefficient (Wildman–Crippen LogP) is 0.787. The Hall–Kier alpha value is -1.84. The number of rotatable bonds is 5. The van der Waals surface area contributed by atoms with Gasteiger partial charge in [0.2, 0.25) is 10.0 Å². The number of benzene rings is 1. The van der Waals surface area contributed by atoms with Crippen molar-refractivity contribution in [2.75, 3.05) is 6.54 Å². The molecule has 0 unspecified atom stereocenters. The minimum atomic E-state index is -3.73. The molecule has 1 aromatic carbocycles. The Labute approximate surface area is 139 Å². The van der Waals surface area contributed by atoms with E-state index in [2.05, 4.69) is 14.9 Å². The molecule has 3 rings (SSSR count). The average Bonchev–Trinajstić information content (AvgIpc) is 3.11. The maximum atomic E-state index is 12.9. The van der Waals surface area contributed by atoms with Gasteiger partial charge < -0.3 is 9.67 Å². The molecule has 1 aliphatic rings. The third-order valence-electron chi connectivity index (χ3n) is 4.43. The highest BCUT2D eigenvalue weighted by Crippen LogP contribution is 2.37. The van der Waals surface area contributed by atoms with Gasteiger partial charge in [0, 0.05) is 19.5 Å². The zero-order valence-corrected chi connectivity index (χ0v) is 13.9. The zero-order chi connectivity index (χ0) is 17.3. The van der Waals surface area contributed by atoms with Gasteiger partial charge in [0.25, 0.3) is 0 Å². The molecule has 0 saturated heterocycles. The highest BCUT2D eigenvalue weighted by molar-refractivity contribution is 7.89. The molecule has 7 nitrogen and oxygen atoms in total. The van der Waals surface area contributed by atoms with Crippen LogP contribution in [-0.4, -0.2) is 40.9 Å². The van der Waals surface area contributed by atoms with Crippen LogP contribution in [0.5, 0.6) is 0 Å². The van der Waals surface area contributed by atoms with Gasteiger partial charge in [0.05, 0.1) is 11.0 Å². The molecule has 2 aromatic rings. The molecular weight excluding hydrogens is 335 g/mol. The first kappa shape index (κ1) is 17.0. The van der Waals surface area contributed by atoms with E-state index in [0.717, 1.165) is 18.0 Å². The minimum Gasteiger partial charge on any atom is -0.393 e. The van der Waals surface area contributed by atoms with Crippen molar-refractivity contribution in [3.63, 3.8) is 0 Å². The Morgan fingerprint density at radius 2 is 2.04 bits per heavy atom. The largest absolute Gasteiger partial charge is 0.393 e. The molecule has 1 aromatic heterocycles. The summed E-state index contributed by atoms with van der Waals surface area (Å²) in [6, 6.07) is 4.63. The fraction of sp³-hybridized carbons (Fsp3) is 0.467. The molecule has 0 amide bonds. The molecule has 2 N–H and O–H groups in total. The van der Waals surface area contributed by atoms with Gasteiger partial charge in [0.15, 0.2) is 0 Å². The summed E-state index contributed by atoms with van der Waals surface area (Å²) in [4.78, 5) is 0.00115. The molecule has 9 heteroatoms. The van der Waals surface area contributed by atoms with Crippen LogP contribution in [0.1, 0.15) is 24.6 Å². The molecule has 24 heavy (non-hydrogen) atoms. The second kappa shape index (κ2) is 6.58. The van der Waals surface area contributed by atoms with Crippen LogP contribution < -0.4 is 4.72 Å². The number of aliphatic hydroxyl groups is 1. The van der Waals surface area contributed by atoms with Crippen LogP contribution in [0, 0.1) is 11.7 Å². The van der Waals surface area contributed by atoms with Gasteiger partial charge >= 0.3 is 0 Å². The van der Waals surface area contributed by atoms with E-state index in [4.69, 9.17) is 0 Å². The predicted molar refractivity (Wildman–Crippen MR) is 84.1 cm³/mol. The van der Waals surface area contributed by atoms with Crippen LogP contribution in [0.25, 0.3) is 0 Å². The third-order valence-corrected chi connectivity index (χ3v) is 5.87. The Morgan fingerprint density at radius 1 is 1.33 bits per heavy atom. The number of halogens is 1. The summed E-state index contributed by atoms with van der Waals surface area (Å²) in [7, 11) is -1.89. The highest BCUT2D eigenvalue weighted by atomic mass is 32.2. The van der Waals surface area contributed by atoms with Crippen LogP contribution in [0.15, 0.2) is 35.5 Å². The second-order valence-corrected chi connectivity index (χ2v) is 7.87. The van der Waals surface area contributed by atoms with Crippen molar-refractivity contribution in [2.45, 2.75) is 29.8 Å². The smallest absolute Gasteiger partial charge is 0.240 e. The lowest BCUT2D eigenvalue weighted by Crippen LogP contribution is -2.32. The normalized spacial score (nSPS) is 24.4. The minimum absolute atomic E-state index is 0.00115. The summed E-state index contributed by atoms with van der Waals surface area (Å²) in [5.74, 6) is 0.138. The van der Waals surface area contributed by atoms with Gasteiger partial charge in [-0.05, 0) is 43.0 Å². The Kier molecular flexibility index (Phi) is 4.66. The topological polar surface area (TPSA) is 97.1 Å². The number of aryl methyl sites for hydroxylation is 1. The Balaban J connectivity index is 1.64. The van der Waals surface area contributed by atoms with Crippen molar-refractivity contribution in [3.8, 4) is 0 Å². The van der Waals surface area contributed by atoms with Crippen molar-refractivity contribution < 1.29 is 17.9 Å². The summed E-state index contributed by atoms with van der Waals surface area (Å²) in [5.41, 5.74) is 0.